The van der Waals surface area contributed by atoms with Crippen molar-refractivity contribution in [2.24, 2.45) is 0 Å². The van der Waals surface area contributed by atoms with Crippen LogP contribution in [-0.4, -0.2) is 46.0 Å². The second-order valence-corrected chi connectivity index (χ2v) is 7.92. The van der Waals surface area contributed by atoms with E-state index in [-0.39, 0.29) is 90.7 Å². The number of carboxylic acid groups (broad SMARTS) is 4. The van der Waals surface area contributed by atoms with Crippen LogP contribution in [0.25, 0.3) is 0 Å². The Hall–Kier alpha value is -0.650. The molecule has 0 heterocycles. The Morgan fingerprint density at radius 2 is 1.06 bits per heavy atom. The molecule has 12 heteroatoms. The summed E-state index contributed by atoms with van der Waals surface area (Å²) >= 11 is 0. The first kappa shape index (κ1) is 41.5. The SMILES string of the molecule is CCCCCCCCCCCCCC(=O)N[C@@H](CCC(=O)[O-])C(=O)[O-].O=C(O)CCC(=O)O.[Na+].[Na+]. The molecule has 1 amide bonds. The normalized spacial score (nSPS) is 10.4. The predicted octanol–water partition coefficient (Wildman–Crippen LogP) is -4.60. The molecule has 0 bridgehead atoms. The maximum absolute atomic E-state index is 11.7. The average molecular weight is 520 g/mol. The Balaban J connectivity index is -0.000000412. The molecule has 0 aliphatic heterocycles. The van der Waals surface area contributed by atoms with Crippen LogP contribution in [0.15, 0.2) is 0 Å². The van der Waals surface area contributed by atoms with Gasteiger partial charge in [0.15, 0.2) is 0 Å². The Bertz CT molecular complexity index is 575. The van der Waals surface area contributed by atoms with Crippen LogP contribution in [0.2, 0.25) is 0 Å². The van der Waals surface area contributed by atoms with E-state index in [4.69, 9.17) is 10.2 Å². The first-order valence-electron chi connectivity index (χ1n) is 11.7. The van der Waals surface area contributed by atoms with E-state index in [1.165, 1.54) is 51.4 Å². The van der Waals surface area contributed by atoms with Crippen LogP contribution >= 0.6 is 0 Å². The summed E-state index contributed by atoms with van der Waals surface area (Å²) in [5.41, 5.74) is 0. The minimum Gasteiger partial charge on any atom is -0.550 e. The van der Waals surface area contributed by atoms with Gasteiger partial charge in [-0.3, -0.25) is 14.4 Å². The van der Waals surface area contributed by atoms with Crippen molar-refractivity contribution in [2.45, 2.75) is 116 Å². The molecule has 0 aliphatic carbocycles. The zero-order valence-electron chi connectivity index (χ0n) is 21.6. The molecule has 0 fully saturated rings. The van der Waals surface area contributed by atoms with Crippen LogP contribution in [0, 0.1) is 0 Å². The summed E-state index contributed by atoms with van der Waals surface area (Å²) in [5, 5.41) is 39.3. The molecule has 35 heavy (non-hydrogen) atoms. The van der Waals surface area contributed by atoms with Crippen molar-refractivity contribution in [1.82, 2.24) is 5.32 Å². The minimum absolute atomic E-state index is 0. The summed E-state index contributed by atoms with van der Waals surface area (Å²) in [5.74, 6) is -5.33. The number of amides is 1. The van der Waals surface area contributed by atoms with Gasteiger partial charge in [-0.25, -0.2) is 0 Å². The number of aliphatic carboxylic acids is 4. The van der Waals surface area contributed by atoms with Gasteiger partial charge in [-0.05, 0) is 19.3 Å². The third-order valence-corrected chi connectivity index (χ3v) is 4.82. The summed E-state index contributed by atoms with van der Waals surface area (Å²) < 4.78 is 0. The molecule has 10 nitrogen and oxygen atoms in total. The quantitative estimate of drug-likeness (QED) is 0.105. The van der Waals surface area contributed by atoms with E-state index in [1.54, 1.807) is 0 Å². The Morgan fingerprint density at radius 3 is 1.40 bits per heavy atom. The summed E-state index contributed by atoms with van der Waals surface area (Å²) in [4.78, 5) is 52.2. The van der Waals surface area contributed by atoms with E-state index in [9.17, 15) is 34.2 Å². The van der Waals surface area contributed by atoms with Crippen molar-refractivity contribution >= 4 is 29.8 Å². The number of hydrogen-bond acceptors (Lipinski definition) is 7. The zero-order valence-corrected chi connectivity index (χ0v) is 25.6. The van der Waals surface area contributed by atoms with Crippen LogP contribution in [0.3, 0.4) is 0 Å². The van der Waals surface area contributed by atoms with Gasteiger partial charge >= 0.3 is 71.1 Å². The van der Waals surface area contributed by atoms with Crippen LogP contribution in [0.5, 0.6) is 0 Å². The molecule has 0 aromatic rings. The third kappa shape index (κ3) is 35.6. The molecule has 3 N–H and O–H groups in total. The van der Waals surface area contributed by atoms with Gasteiger partial charge in [0.1, 0.15) is 0 Å². The van der Waals surface area contributed by atoms with Crippen molar-refractivity contribution in [3.8, 4) is 0 Å². The fourth-order valence-electron chi connectivity index (χ4n) is 2.94. The molecule has 0 saturated heterocycles. The van der Waals surface area contributed by atoms with Crippen molar-refractivity contribution in [1.29, 1.82) is 0 Å². The predicted molar refractivity (Wildman–Crippen MR) is 117 cm³/mol. The molecule has 1 atom stereocenters. The largest absolute Gasteiger partial charge is 1.00 e. The molecule has 0 aromatic heterocycles. The second-order valence-electron chi connectivity index (χ2n) is 7.92. The van der Waals surface area contributed by atoms with Gasteiger partial charge in [0, 0.05) is 12.4 Å². The van der Waals surface area contributed by atoms with E-state index in [2.05, 4.69) is 12.2 Å². The zero-order chi connectivity index (χ0) is 25.5. The molecule has 192 valence electrons. The van der Waals surface area contributed by atoms with E-state index in [0.717, 1.165) is 12.8 Å². The Morgan fingerprint density at radius 1 is 0.657 bits per heavy atom. The molecule has 0 saturated carbocycles. The first-order valence-corrected chi connectivity index (χ1v) is 11.7. The van der Waals surface area contributed by atoms with E-state index in [1.807, 2.05) is 0 Å². The average Bonchev–Trinajstić information content (AvgIpc) is 2.73. The van der Waals surface area contributed by atoms with Gasteiger partial charge in [0.25, 0.3) is 0 Å². The van der Waals surface area contributed by atoms with Gasteiger partial charge in [0.05, 0.1) is 24.9 Å². The second kappa shape index (κ2) is 29.6. The number of carbonyl (C=O) groups excluding carboxylic acids is 3. The molecule has 0 spiro atoms. The Kier molecular flexibility index (Phi) is 35.1. The number of carbonyl (C=O) groups is 5. The van der Waals surface area contributed by atoms with Crippen LogP contribution in [-0.2, 0) is 24.0 Å². The third-order valence-electron chi connectivity index (χ3n) is 4.82. The van der Waals surface area contributed by atoms with Gasteiger partial charge in [-0.1, -0.05) is 71.1 Å². The van der Waals surface area contributed by atoms with E-state index < -0.39 is 36.3 Å². The van der Waals surface area contributed by atoms with Gasteiger partial charge in [0.2, 0.25) is 5.91 Å². The van der Waals surface area contributed by atoms with Gasteiger partial charge in [-0.2, -0.15) is 0 Å². The minimum atomic E-state index is -1.46. The summed E-state index contributed by atoms with van der Waals surface area (Å²) in [6, 6.07) is -1.27. The van der Waals surface area contributed by atoms with Crippen LogP contribution in [0.4, 0.5) is 0 Å². The molecule has 0 aromatic carbocycles. The van der Waals surface area contributed by atoms with Crippen molar-refractivity contribution in [3.63, 3.8) is 0 Å². The first-order chi connectivity index (χ1) is 15.6. The van der Waals surface area contributed by atoms with Crippen molar-refractivity contribution in [2.75, 3.05) is 0 Å². The fraction of sp³-hybridized carbons (Fsp3) is 0.783. The fourth-order valence-corrected chi connectivity index (χ4v) is 2.94. The summed E-state index contributed by atoms with van der Waals surface area (Å²) in [7, 11) is 0. The monoisotopic (exact) mass is 519 g/mol. The molecule has 0 rings (SSSR count). The molecule has 0 radical (unpaired) electrons. The smallest absolute Gasteiger partial charge is 0.550 e. The van der Waals surface area contributed by atoms with E-state index >= 15 is 0 Å². The topological polar surface area (TPSA) is 184 Å². The van der Waals surface area contributed by atoms with Crippen LogP contribution in [0.1, 0.15) is 110 Å². The maximum Gasteiger partial charge on any atom is 1.00 e. The standard InChI is InChI=1S/C19H35NO5.C4H6O4.2Na/c1-2-3-4-5-6-7-8-9-10-11-12-13-17(21)20-16(19(24)25)14-15-18(22)23;5-3(6)1-2-4(7)8;;/h16H,2-15H2,1H3,(H,20,21)(H,22,23)(H,24,25);1-2H2,(H,5,6)(H,7,8);;/q;;2*+1/p-2/t16-;;;/m0.../s1. The van der Waals surface area contributed by atoms with Gasteiger partial charge in [-0.15, -0.1) is 0 Å². The van der Waals surface area contributed by atoms with Crippen molar-refractivity contribution in [3.05, 3.63) is 0 Å². The van der Waals surface area contributed by atoms with E-state index in [0.29, 0.717) is 6.42 Å². The molecular weight excluding hydrogens is 480 g/mol. The number of unbranched alkanes of at least 4 members (excludes halogenated alkanes) is 10. The molecule has 0 unspecified atom stereocenters. The number of carboxylic acids is 4. The summed E-state index contributed by atoms with van der Waals surface area (Å²) in [6.45, 7) is 2.21. The van der Waals surface area contributed by atoms with Gasteiger partial charge < -0.3 is 35.3 Å². The molecular formula is C23H39NNa2O9. The Labute approximate surface area is 252 Å². The number of nitrogens with one attached hydrogen (secondary N) is 1. The van der Waals surface area contributed by atoms with Crippen LogP contribution < -0.4 is 74.6 Å². The number of hydrogen-bond donors (Lipinski definition) is 3. The summed E-state index contributed by atoms with van der Waals surface area (Å²) in [6.07, 6.45) is 12.0. The van der Waals surface area contributed by atoms with Crippen molar-refractivity contribution < 1.29 is 104 Å². The number of rotatable bonds is 20. The molecule has 0 aliphatic rings. The maximum atomic E-state index is 11.7.